The third-order valence-electron chi connectivity index (χ3n) is 6.63. The van der Waals surface area contributed by atoms with E-state index in [0.717, 1.165) is 84.3 Å². The van der Waals surface area contributed by atoms with Crippen molar-refractivity contribution in [1.82, 2.24) is 20.1 Å². The van der Waals surface area contributed by atoms with Gasteiger partial charge in [0.2, 0.25) is 0 Å². The second kappa shape index (κ2) is 10.4. The predicted octanol–water partition coefficient (Wildman–Crippen LogP) is 5.00. The second-order valence-electron chi connectivity index (χ2n) is 8.74. The Balaban J connectivity index is 1.41. The smallest absolute Gasteiger partial charge is 0.170 e. The van der Waals surface area contributed by atoms with Gasteiger partial charge in [-0.05, 0) is 61.5 Å². The van der Waals surface area contributed by atoms with Crippen LogP contribution in [0.5, 0.6) is 0 Å². The number of thiocarbonyl (C=S) groups is 1. The number of hydrogen-bond donors (Lipinski definition) is 1. The van der Waals surface area contributed by atoms with E-state index >= 15 is 0 Å². The summed E-state index contributed by atoms with van der Waals surface area (Å²) >= 11 is 12.2. The third kappa shape index (κ3) is 4.84. The van der Waals surface area contributed by atoms with Crippen LogP contribution < -0.4 is 5.32 Å². The summed E-state index contributed by atoms with van der Waals surface area (Å²) in [6.07, 6.45) is 2.83. The van der Waals surface area contributed by atoms with E-state index in [-0.39, 0.29) is 12.1 Å². The molecule has 5 rings (SSSR count). The third-order valence-corrected chi connectivity index (χ3v) is 7.39. The van der Waals surface area contributed by atoms with Gasteiger partial charge in [0.15, 0.2) is 5.11 Å². The number of furan rings is 1. The molecule has 2 saturated heterocycles. The zero-order valence-corrected chi connectivity index (χ0v) is 20.8. The number of halogens is 1. The van der Waals surface area contributed by atoms with Crippen molar-refractivity contribution in [3.05, 3.63) is 76.8 Å². The van der Waals surface area contributed by atoms with Crippen molar-refractivity contribution in [2.45, 2.75) is 25.4 Å². The fourth-order valence-corrected chi connectivity index (χ4v) is 5.28. The van der Waals surface area contributed by atoms with E-state index in [9.17, 15) is 0 Å². The van der Waals surface area contributed by atoms with Gasteiger partial charge < -0.3 is 19.4 Å². The van der Waals surface area contributed by atoms with Gasteiger partial charge in [0.05, 0.1) is 24.9 Å². The maximum atomic E-state index is 6.46. The van der Waals surface area contributed by atoms with Crippen LogP contribution >= 0.6 is 23.8 Å². The molecule has 178 valence electrons. The van der Waals surface area contributed by atoms with Crippen molar-refractivity contribution in [1.29, 1.82) is 0 Å². The molecule has 4 heterocycles. The van der Waals surface area contributed by atoms with Gasteiger partial charge in [-0.25, -0.2) is 0 Å². The van der Waals surface area contributed by atoms with E-state index in [4.69, 9.17) is 33.0 Å². The molecule has 0 saturated carbocycles. The molecule has 0 aliphatic carbocycles. The number of pyridine rings is 1. The average molecular weight is 497 g/mol. The van der Waals surface area contributed by atoms with Crippen molar-refractivity contribution >= 4 is 28.9 Å². The van der Waals surface area contributed by atoms with Gasteiger partial charge in [0, 0.05) is 43.0 Å². The van der Waals surface area contributed by atoms with Crippen molar-refractivity contribution < 1.29 is 9.15 Å². The first-order valence-electron chi connectivity index (χ1n) is 11.7. The van der Waals surface area contributed by atoms with Crippen LogP contribution in [0.3, 0.4) is 0 Å². The van der Waals surface area contributed by atoms with E-state index in [2.05, 4.69) is 26.2 Å². The summed E-state index contributed by atoms with van der Waals surface area (Å²) < 4.78 is 11.9. The van der Waals surface area contributed by atoms with Gasteiger partial charge in [-0.15, -0.1) is 0 Å². The Labute approximate surface area is 210 Å². The van der Waals surface area contributed by atoms with Crippen LogP contribution in [0.1, 0.15) is 35.5 Å². The Morgan fingerprint density at radius 1 is 1.09 bits per heavy atom. The number of aromatic nitrogens is 1. The van der Waals surface area contributed by atoms with Crippen LogP contribution in [0.15, 0.2) is 59.1 Å². The number of ether oxygens (including phenoxy) is 1. The van der Waals surface area contributed by atoms with Crippen molar-refractivity contribution in [3.63, 3.8) is 0 Å². The fourth-order valence-electron chi connectivity index (χ4n) is 4.78. The first-order valence-corrected chi connectivity index (χ1v) is 12.5. The van der Waals surface area contributed by atoms with Crippen LogP contribution in [-0.4, -0.2) is 59.3 Å². The maximum absolute atomic E-state index is 6.46. The van der Waals surface area contributed by atoms with Crippen LogP contribution in [-0.2, 0) is 4.74 Å². The van der Waals surface area contributed by atoms with E-state index < -0.39 is 0 Å². The Bertz CT molecular complexity index is 1130. The quantitative estimate of drug-likeness (QED) is 0.462. The molecule has 2 atom stereocenters. The Hall–Kier alpha value is -2.45. The van der Waals surface area contributed by atoms with Crippen molar-refractivity contribution in [2.24, 2.45) is 0 Å². The average Bonchev–Trinajstić information content (AvgIpc) is 3.47. The molecule has 0 spiro atoms. The zero-order chi connectivity index (χ0) is 23.5. The minimum Gasteiger partial charge on any atom is -0.459 e. The molecule has 0 radical (unpaired) electrons. The fraction of sp³-hybridized carbons (Fsp3) is 0.385. The van der Waals surface area contributed by atoms with Crippen LogP contribution in [0.2, 0.25) is 5.02 Å². The molecule has 6 nitrogen and oxygen atoms in total. The molecule has 0 amide bonds. The SMILES string of the molecule is Cc1c(Cl)cccc1-c1ccc([C@H]2[C@H](c3ccccn3)NC(=S)N2CCCN2CCOCC2)o1. The van der Waals surface area contributed by atoms with E-state index in [0.29, 0.717) is 0 Å². The topological polar surface area (TPSA) is 53.8 Å². The highest BCUT2D eigenvalue weighted by Gasteiger charge is 2.41. The number of hydrogen-bond acceptors (Lipinski definition) is 5. The molecule has 3 aromatic rings. The van der Waals surface area contributed by atoms with Gasteiger partial charge in [0.1, 0.15) is 17.6 Å². The number of morpholine rings is 1. The lowest BCUT2D eigenvalue weighted by atomic mass is 10.0. The first kappa shape index (κ1) is 23.3. The number of benzene rings is 1. The van der Waals surface area contributed by atoms with Crippen molar-refractivity contribution in [3.8, 4) is 11.3 Å². The summed E-state index contributed by atoms with van der Waals surface area (Å²) in [4.78, 5) is 9.32. The highest BCUT2D eigenvalue weighted by molar-refractivity contribution is 7.80. The summed E-state index contributed by atoms with van der Waals surface area (Å²) in [5, 5.41) is 4.97. The van der Waals surface area contributed by atoms with E-state index in [1.807, 2.05) is 55.6 Å². The molecule has 2 aromatic heterocycles. The summed E-state index contributed by atoms with van der Waals surface area (Å²) in [5.41, 5.74) is 2.96. The van der Waals surface area contributed by atoms with Gasteiger partial charge in [-0.2, -0.15) is 0 Å². The summed E-state index contributed by atoms with van der Waals surface area (Å²) in [6, 6.07) is 15.8. The van der Waals surface area contributed by atoms with Crippen LogP contribution in [0.4, 0.5) is 0 Å². The molecule has 34 heavy (non-hydrogen) atoms. The summed E-state index contributed by atoms with van der Waals surface area (Å²) in [6.45, 7) is 7.48. The van der Waals surface area contributed by atoms with E-state index in [1.54, 1.807) is 0 Å². The molecule has 2 aliphatic heterocycles. The number of nitrogens with one attached hydrogen (secondary N) is 1. The Morgan fingerprint density at radius 2 is 1.94 bits per heavy atom. The van der Waals surface area contributed by atoms with Gasteiger partial charge in [0.25, 0.3) is 0 Å². The monoisotopic (exact) mass is 496 g/mol. The maximum Gasteiger partial charge on any atom is 0.170 e. The molecule has 1 N–H and O–H groups in total. The lowest BCUT2D eigenvalue weighted by Gasteiger charge is -2.29. The molecule has 8 heteroatoms. The standard InChI is InChI=1S/C26H29ClN4O2S/c1-18-19(6-4-7-20(18)27)22-9-10-23(33-22)25-24(21-8-2-3-11-28-21)29-26(34)31(25)13-5-12-30-14-16-32-17-15-30/h2-4,6-11,24-25H,5,12-17H2,1H3,(H,29,34)/t24-,25-/m0/s1. The number of rotatable bonds is 7. The zero-order valence-electron chi connectivity index (χ0n) is 19.2. The molecule has 0 unspecified atom stereocenters. The number of nitrogens with zero attached hydrogens (tertiary/aromatic N) is 3. The van der Waals surface area contributed by atoms with Gasteiger partial charge >= 0.3 is 0 Å². The van der Waals surface area contributed by atoms with Crippen LogP contribution in [0, 0.1) is 6.92 Å². The first-order chi connectivity index (χ1) is 16.6. The molecule has 0 bridgehead atoms. The molecule has 2 aliphatic rings. The molecular weight excluding hydrogens is 468 g/mol. The summed E-state index contributed by atoms with van der Waals surface area (Å²) in [7, 11) is 0. The van der Waals surface area contributed by atoms with Gasteiger partial charge in [-0.1, -0.05) is 29.8 Å². The summed E-state index contributed by atoms with van der Waals surface area (Å²) in [5.74, 6) is 1.67. The highest BCUT2D eigenvalue weighted by atomic mass is 35.5. The Kier molecular flexibility index (Phi) is 7.15. The predicted molar refractivity (Wildman–Crippen MR) is 138 cm³/mol. The Morgan fingerprint density at radius 3 is 2.74 bits per heavy atom. The van der Waals surface area contributed by atoms with Crippen molar-refractivity contribution in [2.75, 3.05) is 39.4 Å². The lowest BCUT2D eigenvalue weighted by Crippen LogP contribution is -2.38. The van der Waals surface area contributed by atoms with E-state index in [1.165, 1.54) is 0 Å². The molecule has 1 aromatic carbocycles. The largest absolute Gasteiger partial charge is 0.459 e. The van der Waals surface area contributed by atoms with Gasteiger partial charge in [-0.3, -0.25) is 9.88 Å². The molecule has 2 fully saturated rings. The van der Waals surface area contributed by atoms with Crippen LogP contribution in [0.25, 0.3) is 11.3 Å². The normalized spacial score (nSPS) is 21.1. The second-order valence-corrected chi connectivity index (χ2v) is 9.54. The minimum atomic E-state index is -0.0865. The molecular formula is C26H29ClN4O2S. The lowest BCUT2D eigenvalue weighted by molar-refractivity contribution is 0.0365. The highest BCUT2D eigenvalue weighted by Crippen LogP contribution is 2.41. The minimum absolute atomic E-state index is 0.0830.